The van der Waals surface area contributed by atoms with Crippen LogP contribution in [0.5, 0.6) is 0 Å². The molecule has 0 aliphatic heterocycles. The van der Waals surface area contributed by atoms with Gasteiger partial charge in [-0.15, -0.1) is 0 Å². The van der Waals surface area contributed by atoms with Crippen LogP contribution in [-0.2, 0) is 4.74 Å². The number of aliphatic hydroxyl groups is 1. The second-order valence-electron chi connectivity index (χ2n) is 5.96. The fourth-order valence-electron chi connectivity index (χ4n) is 2.66. The summed E-state index contributed by atoms with van der Waals surface area (Å²) in [6, 6.07) is 25.7. The SMILES string of the molecule is Cc1ccc(C(=O)O[C@@H](c2ccccc2)[C@H](O)c2ccccc2)cc1. The van der Waals surface area contributed by atoms with Gasteiger partial charge in [0, 0.05) is 0 Å². The molecule has 1 N–H and O–H groups in total. The van der Waals surface area contributed by atoms with E-state index in [2.05, 4.69) is 0 Å². The van der Waals surface area contributed by atoms with Crippen molar-refractivity contribution in [3.63, 3.8) is 0 Å². The predicted octanol–water partition coefficient (Wildman–Crippen LogP) is 4.63. The van der Waals surface area contributed by atoms with Gasteiger partial charge >= 0.3 is 5.97 Å². The molecule has 0 radical (unpaired) electrons. The van der Waals surface area contributed by atoms with E-state index < -0.39 is 18.2 Å². The summed E-state index contributed by atoms with van der Waals surface area (Å²) in [6.45, 7) is 1.96. The smallest absolute Gasteiger partial charge is 0.338 e. The second-order valence-corrected chi connectivity index (χ2v) is 5.96. The third-order valence-corrected chi connectivity index (χ3v) is 4.08. The Kier molecular flexibility index (Phi) is 5.26. The van der Waals surface area contributed by atoms with Crippen LogP contribution in [0, 0.1) is 6.92 Å². The van der Waals surface area contributed by atoms with Gasteiger partial charge in [-0.2, -0.15) is 0 Å². The van der Waals surface area contributed by atoms with Crippen LogP contribution >= 0.6 is 0 Å². The Morgan fingerprint density at radius 2 is 1.32 bits per heavy atom. The van der Waals surface area contributed by atoms with Crippen molar-refractivity contribution in [1.82, 2.24) is 0 Å². The fraction of sp³-hybridized carbons (Fsp3) is 0.136. The highest BCUT2D eigenvalue weighted by Gasteiger charge is 2.27. The summed E-state index contributed by atoms with van der Waals surface area (Å²) >= 11 is 0. The minimum Gasteiger partial charge on any atom is -0.451 e. The fourth-order valence-corrected chi connectivity index (χ4v) is 2.66. The van der Waals surface area contributed by atoms with Crippen LogP contribution in [0.25, 0.3) is 0 Å². The number of esters is 1. The lowest BCUT2D eigenvalue weighted by molar-refractivity contribution is -0.0209. The van der Waals surface area contributed by atoms with Gasteiger partial charge < -0.3 is 9.84 Å². The standard InChI is InChI=1S/C22H20O3/c1-16-12-14-19(15-13-16)22(24)25-21(18-10-6-3-7-11-18)20(23)17-8-4-2-5-9-17/h2-15,20-21,23H,1H3/t20-,21+/m1/s1. The van der Waals surface area contributed by atoms with E-state index in [0.29, 0.717) is 11.1 Å². The first-order valence-corrected chi connectivity index (χ1v) is 8.21. The second kappa shape index (κ2) is 7.77. The molecule has 0 bridgehead atoms. The lowest BCUT2D eigenvalue weighted by Gasteiger charge is -2.24. The third-order valence-electron chi connectivity index (χ3n) is 4.08. The lowest BCUT2D eigenvalue weighted by atomic mass is 9.98. The number of ether oxygens (including phenoxy) is 1. The van der Waals surface area contributed by atoms with Gasteiger partial charge in [-0.1, -0.05) is 78.4 Å². The highest BCUT2D eigenvalue weighted by molar-refractivity contribution is 5.89. The third kappa shape index (κ3) is 4.14. The molecule has 25 heavy (non-hydrogen) atoms. The number of aryl methyl sites for hydroxylation is 1. The van der Waals surface area contributed by atoms with E-state index in [4.69, 9.17) is 4.74 Å². The molecule has 0 spiro atoms. The Balaban J connectivity index is 1.89. The van der Waals surface area contributed by atoms with Crippen molar-refractivity contribution in [2.24, 2.45) is 0 Å². The average Bonchev–Trinajstić information content (AvgIpc) is 2.67. The van der Waals surface area contributed by atoms with Crippen molar-refractivity contribution in [3.8, 4) is 0 Å². The Hall–Kier alpha value is -2.91. The van der Waals surface area contributed by atoms with E-state index in [-0.39, 0.29) is 0 Å². The predicted molar refractivity (Wildman–Crippen MR) is 97.2 cm³/mol. The van der Waals surface area contributed by atoms with E-state index in [0.717, 1.165) is 11.1 Å². The van der Waals surface area contributed by atoms with Crippen LogP contribution in [0.3, 0.4) is 0 Å². The molecule has 0 aliphatic rings. The summed E-state index contributed by atoms with van der Waals surface area (Å²) in [7, 11) is 0. The van der Waals surface area contributed by atoms with Gasteiger partial charge in [0.1, 0.15) is 6.10 Å². The van der Waals surface area contributed by atoms with E-state index in [1.807, 2.05) is 79.7 Å². The van der Waals surface area contributed by atoms with Crippen LogP contribution in [0.4, 0.5) is 0 Å². The number of rotatable bonds is 5. The first-order chi connectivity index (χ1) is 12.1. The van der Waals surface area contributed by atoms with E-state index in [9.17, 15) is 9.90 Å². The largest absolute Gasteiger partial charge is 0.451 e. The van der Waals surface area contributed by atoms with Gasteiger partial charge in [-0.3, -0.25) is 0 Å². The molecule has 0 aliphatic carbocycles. The minimum atomic E-state index is -0.946. The van der Waals surface area contributed by atoms with Crippen molar-refractivity contribution < 1.29 is 14.6 Å². The van der Waals surface area contributed by atoms with Crippen molar-refractivity contribution >= 4 is 5.97 Å². The normalized spacial score (nSPS) is 13.0. The minimum absolute atomic E-state index is 0.455. The quantitative estimate of drug-likeness (QED) is 0.693. The van der Waals surface area contributed by atoms with E-state index >= 15 is 0 Å². The van der Waals surface area contributed by atoms with E-state index in [1.165, 1.54) is 0 Å². The van der Waals surface area contributed by atoms with Crippen LogP contribution in [0.15, 0.2) is 84.9 Å². The molecule has 3 aromatic carbocycles. The lowest BCUT2D eigenvalue weighted by Crippen LogP contribution is -2.18. The summed E-state index contributed by atoms with van der Waals surface area (Å²) in [5, 5.41) is 10.8. The van der Waals surface area contributed by atoms with Crippen molar-refractivity contribution in [1.29, 1.82) is 0 Å². The zero-order chi connectivity index (χ0) is 17.6. The number of carbonyl (C=O) groups is 1. The zero-order valence-electron chi connectivity index (χ0n) is 14.0. The average molecular weight is 332 g/mol. The molecule has 0 aromatic heterocycles. The van der Waals surface area contributed by atoms with Gasteiger partial charge in [0.15, 0.2) is 6.10 Å². The molecule has 2 atom stereocenters. The summed E-state index contributed by atoms with van der Waals surface area (Å²) in [6.07, 6.45) is -1.73. The molecule has 3 aromatic rings. The van der Waals surface area contributed by atoms with Crippen molar-refractivity contribution in [2.75, 3.05) is 0 Å². The number of hydrogen-bond donors (Lipinski definition) is 1. The Morgan fingerprint density at radius 3 is 1.88 bits per heavy atom. The van der Waals surface area contributed by atoms with Gasteiger partial charge in [-0.25, -0.2) is 4.79 Å². The Bertz CT molecular complexity index is 811. The molecule has 3 heteroatoms. The van der Waals surface area contributed by atoms with Gasteiger partial charge in [0.05, 0.1) is 5.56 Å². The number of hydrogen-bond acceptors (Lipinski definition) is 3. The highest BCUT2D eigenvalue weighted by atomic mass is 16.6. The van der Waals surface area contributed by atoms with Crippen molar-refractivity contribution in [3.05, 3.63) is 107 Å². The van der Waals surface area contributed by atoms with Gasteiger partial charge in [0.25, 0.3) is 0 Å². The number of aliphatic hydroxyl groups excluding tert-OH is 1. The molecule has 0 saturated heterocycles. The first-order valence-electron chi connectivity index (χ1n) is 8.21. The molecule has 3 nitrogen and oxygen atoms in total. The zero-order valence-corrected chi connectivity index (χ0v) is 14.0. The molecule has 0 saturated carbocycles. The maximum Gasteiger partial charge on any atom is 0.338 e. The molecular formula is C22H20O3. The summed E-state index contributed by atoms with van der Waals surface area (Å²) in [5.41, 5.74) is 2.99. The van der Waals surface area contributed by atoms with Crippen LogP contribution in [-0.4, -0.2) is 11.1 Å². The Labute approximate surface area is 147 Å². The molecule has 0 amide bonds. The van der Waals surface area contributed by atoms with E-state index in [1.54, 1.807) is 12.1 Å². The topological polar surface area (TPSA) is 46.5 Å². The summed E-state index contributed by atoms with van der Waals surface area (Å²) < 4.78 is 5.69. The molecule has 0 fully saturated rings. The molecule has 0 heterocycles. The first kappa shape index (κ1) is 16.9. The number of benzene rings is 3. The van der Waals surface area contributed by atoms with Crippen LogP contribution in [0.1, 0.15) is 39.3 Å². The highest BCUT2D eigenvalue weighted by Crippen LogP contribution is 2.32. The van der Waals surface area contributed by atoms with Crippen LogP contribution in [0.2, 0.25) is 0 Å². The van der Waals surface area contributed by atoms with Crippen molar-refractivity contribution in [2.45, 2.75) is 19.1 Å². The summed E-state index contributed by atoms with van der Waals surface area (Å²) in [5.74, 6) is -0.455. The number of carbonyl (C=O) groups excluding carboxylic acids is 1. The maximum absolute atomic E-state index is 12.5. The monoisotopic (exact) mass is 332 g/mol. The van der Waals surface area contributed by atoms with Gasteiger partial charge in [-0.05, 0) is 30.2 Å². The summed E-state index contributed by atoms with van der Waals surface area (Å²) in [4.78, 5) is 12.5. The van der Waals surface area contributed by atoms with Crippen LogP contribution < -0.4 is 0 Å². The Morgan fingerprint density at radius 1 is 0.800 bits per heavy atom. The molecular weight excluding hydrogens is 312 g/mol. The molecule has 3 rings (SSSR count). The van der Waals surface area contributed by atoms with Gasteiger partial charge in [0.2, 0.25) is 0 Å². The molecule has 0 unspecified atom stereocenters. The maximum atomic E-state index is 12.5. The molecule has 126 valence electrons.